The fourth-order valence-corrected chi connectivity index (χ4v) is 6.84. The van der Waals surface area contributed by atoms with Gasteiger partial charge in [0.25, 0.3) is 0 Å². The maximum Gasteiger partial charge on any atom is 0.132 e. The van der Waals surface area contributed by atoms with Gasteiger partial charge in [0.1, 0.15) is 11.5 Å². The SMILES string of the molecule is N=C(/C=C\C(=N)c1cccc2ccccc12)c1ccc2c(c1)Oc1ccccc1C21c2ccccc2-c2ccccc21. The topological polar surface area (TPSA) is 56.9 Å². The molecule has 2 aliphatic rings. The third-order valence-electron chi connectivity index (χ3n) is 8.66. The highest BCUT2D eigenvalue weighted by atomic mass is 16.5. The van der Waals surface area contributed by atoms with Crippen molar-refractivity contribution in [1.82, 2.24) is 0 Å². The molecule has 0 saturated heterocycles. The van der Waals surface area contributed by atoms with E-state index in [1.54, 1.807) is 12.2 Å². The molecule has 0 unspecified atom stereocenters. The van der Waals surface area contributed by atoms with E-state index in [4.69, 9.17) is 15.6 Å². The standard InChI is InChI=1S/C39H26N2O/c40-35(22-23-36(41)30-15-9-11-25-10-1-2-12-27(25)30)26-20-21-34-38(24-26)42-37-19-8-7-18-33(37)39(34)31-16-5-3-13-28(31)29-14-4-6-17-32(29)39/h1-24,40-41H/b23-22-,40-35?,41-36?. The summed E-state index contributed by atoms with van der Waals surface area (Å²) in [6.07, 6.45) is 3.42. The Morgan fingerprint density at radius 3 is 1.90 bits per heavy atom. The predicted molar refractivity (Wildman–Crippen MR) is 171 cm³/mol. The highest BCUT2D eigenvalue weighted by Gasteiger charge is 2.50. The normalized spacial score (nSPS) is 13.7. The maximum absolute atomic E-state index is 8.91. The van der Waals surface area contributed by atoms with Gasteiger partial charge in [0.15, 0.2) is 0 Å². The van der Waals surface area contributed by atoms with Crippen LogP contribution in [-0.2, 0) is 5.41 Å². The van der Waals surface area contributed by atoms with Crippen LogP contribution < -0.4 is 4.74 Å². The first-order valence-corrected chi connectivity index (χ1v) is 14.1. The van der Waals surface area contributed by atoms with Gasteiger partial charge in [-0.3, -0.25) is 0 Å². The Morgan fingerprint density at radius 2 is 1.12 bits per heavy atom. The van der Waals surface area contributed by atoms with Crippen molar-refractivity contribution in [2.24, 2.45) is 0 Å². The molecule has 3 heteroatoms. The van der Waals surface area contributed by atoms with Crippen molar-refractivity contribution >= 4 is 22.2 Å². The van der Waals surface area contributed by atoms with Crippen LogP contribution in [0.2, 0.25) is 0 Å². The molecule has 1 aliphatic heterocycles. The van der Waals surface area contributed by atoms with Crippen molar-refractivity contribution in [2.45, 2.75) is 5.41 Å². The minimum atomic E-state index is -0.510. The van der Waals surface area contributed by atoms with Crippen molar-refractivity contribution in [3.8, 4) is 22.6 Å². The van der Waals surface area contributed by atoms with Gasteiger partial charge >= 0.3 is 0 Å². The minimum absolute atomic E-state index is 0.325. The smallest absolute Gasteiger partial charge is 0.132 e. The number of fused-ring (bicyclic) bond motifs is 10. The van der Waals surface area contributed by atoms with Crippen LogP contribution in [0.1, 0.15) is 33.4 Å². The van der Waals surface area contributed by atoms with Gasteiger partial charge in [0.05, 0.1) is 16.8 Å². The van der Waals surface area contributed by atoms with Gasteiger partial charge in [0, 0.05) is 22.3 Å². The minimum Gasteiger partial charge on any atom is -0.457 e. The van der Waals surface area contributed by atoms with Crippen LogP contribution >= 0.6 is 0 Å². The van der Waals surface area contributed by atoms with Gasteiger partial charge in [-0.15, -0.1) is 0 Å². The quantitative estimate of drug-likeness (QED) is 0.216. The van der Waals surface area contributed by atoms with Gasteiger partial charge < -0.3 is 15.6 Å². The maximum atomic E-state index is 8.91. The Kier molecular flexibility index (Phi) is 5.35. The summed E-state index contributed by atoms with van der Waals surface area (Å²) in [4.78, 5) is 0. The number of allylic oxidation sites excluding steroid dienone is 2. The van der Waals surface area contributed by atoms with E-state index in [1.165, 1.54) is 22.3 Å². The molecule has 1 spiro atoms. The van der Waals surface area contributed by atoms with E-state index in [-0.39, 0.29) is 0 Å². The van der Waals surface area contributed by atoms with E-state index in [0.29, 0.717) is 11.4 Å². The van der Waals surface area contributed by atoms with Crippen LogP contribution in [0.15, 0.2) is 146 Å². The first-order chi connectivity index (χ1) is 20.7. The van der Waals surface area contributed by atoms with E-state index in [1.807, 2.05) is 54.6 Å². The van der Waals surface area contributed by atoms with Crippen molar-refractivity contribution < 1.29 is 4.74 Å². The molecule has 1 aliphatic carbocycles. The third kappa shape index (κ3) is 3.40. The van der Waals surface area contributed by atoms with Crippen molar-refractivity contribution in [3.63, 3.8) is 0 Å². The van der Waals surface area contributed by atoms with Crippen LogP contribution in [-0.4, -0.2) is 11.4 Å². The Balaban J connectivity index is 1.23. The van der Waals surface area contributed by atoms with E-state index in [0.717, 1.165) is 44.5 Å². The number of hydrogen-bond acceptors (Lipinski definition) is 3. The monoisotopic (exact) mass is 538 g/mol. The summed E-state index contributed by atoms with van der Waals surface area (Å²) in [6, 6.07) is 45.8. The molecule has 1 heterocycles. The lowest BCUT2D eigenvalue weighted by Crippen LogP contribution is -2.32. The number of para-hydroxylation sites is 1. The van der Waals surface area contributed by atoms with Crippen LogP contribution in [0.4, 0.5) is 0 Å². The zero-order chi connectivity index (χ0) is 28.3. The molecule has 0 aromatic heterocycles. The third-order valence-corrected chi connectivity index (χ3v) is 8.66. The molecule has 0 atom stereocenters. The molecular weight excluding hydrogens is 512 g/mol. The van der Waals surface area contributed by atoms with E-state index in [2.05, 4.69) is 78.9 Å². The molecule has 0 amide bonds. The Hall–Kier alpha value is -5.54. The first kappa shape index (κ1) is 24.3. The predicted octanol–water partition coefficient (Wildman–Crippen LogP) is 9.30. The van der Waals surface area contributed by atoms with Gasteiger partial charge in [-0.2, -0.15) is 0 Å². The van der Waals surface area contributed by atoms with E-state index < -0.39 is 5.41 Å². The molecule has 42 heavy (non-hydrogen) atoms. The second kappa shape index (κ2) is 9.25. The van der Waals surface area contributed by atoms with Crippen LogP contribution in [0.3, 0.4) is 0 Å². The molecule has 3 nitrogen and oxygen atoms in total. The highest BCUT2D eigenvalue weighted by molar-refractivity contribution is 6.18. The van der Waals surface area contributed by atoms with Crippen molar-refractivity contribution in [1.29, 1.82) is 10.8 Å². The molecule has 2 N–H and O–H groups in total. The Morgan fingerprint density at radius 1 is 0.524 bits per heavy atom. The highest BCUT2D eigenvalue weighted by Crippen LogP contribution is 2.61. The molecule has 6 aromatic carbocycles. The molecule has 0 fully saturated rings. The van der Waals surface area contributed by atoms with Gasteiger partial charge in [-0.05, 0) is 57.3 Å². The van der Waals surface area contributed by atoms with Crippen molar-refractivity contribution in [2.75, 3.05) is 0 Å². The van der Waals surface area contributed by atoms with Crippen LogP contribution in [0.25, 0.3) is 21.9 Å². The summed E-state index contributed by atoms with van der Waals surface area (Å²) in [5.74, 6) is 1.58. The summed E-state index contributed by atoms with van der Waals surface area (Å²) in [6.45, 7) is 0. The van der Waals surface area contributed by atoms with E-state index in [9.17, 15) is 0 Å². The Bertz CT molecular complexity index is 2070. The second-order valence-electron chi connectivity index (χ2n) is 10.8. The molecule has 8 rings (SSSR count). The summed E-state index contributed by atoms with van der Waals surface area (Å²) in [7, 11) is 0. The van der Waals surface area contributed by atoms with Crippen LogP contribution in [0, 0.1) is 10.8 Å². The largest absolute Gasteiger partial charge is 0.457 e. The van der Waals surface area contributed by atoms with Crippen LogP contribution in [0.5, 0.6) is 11.5 Å². The lowest BCUT2D eigenvalue weighted by atomic mass is 9.66. The molecular formula is C39H26N2O. The Labute approximate surface area is 244 Å². The number of hydrogen-bond donors (Lipinski definition) is 2. The van der Waals surface area contributed by atoms with Gasteiger partial charge in [0.2, 0.25) is 0 Å². The summed E-state index contributed by atoms with van der Waals surface area (Å²) >= 11 is 0. The fourth-order valence-electron chi connectivity index (χ4n) is 6.84. The van der Waals surface area contributed by atoms with Gasteiger partial charge in [-0.1, -0.05) is 121 Å². The molecule has 198 valence electrons. The lowest BCUT2D eigenvalue weighted by Gasteiger charge is -2.39. The van der Waals surface area contributed by atoms with E-state index >= 15 is 0 Å². The average molecular weight is 539 g/mol. The lowest BCUT2D eigenvalue weighted by molar-refractivity contribution is 0.436. The zero-order valence-electron chi connectivity index (χ0n) is 22.8. The summed E-state index contributed by atoms with van der Waals surface area (Å²) in [5, 5.41) is 19.8. The summed E-state index contributed by atoms with van der Waals surface area (Å²) in [5.41, 5.74) is 8.94. The molecule has 0 radical (unpaired) electrons. The van der Waals surface area contributed by atoms with Crippen molar-refractivity contribution in [3.05, 3.63) is 179 Å². The number of benzene rings is 6. The molecule has 0 bridgehead atoms. The molecule has 6 aromatic rings. The first-order valence-electron chi connectivity index (χ1n) is 14.1. The average Bonchev–Trinajstić information content (AvgIpc) is 3.34. The molecule has 0 saturated carbocycles. The zero-order valence-corrected chi connectivity index (χ0v) is 22.8. The second-order valence-corrected chi connectivity index (χ2v) is 10.8. The fraction of sp³-hybridized carbons (Fsp3) is 0.0256. The summed E-state index contributed by atoms with van der Waals surface area (Å²) < 4.78 is 6.57. The number of ether oxygens (including phenoxy) is 1. The van der Waals surface area contributed by atoms with Gasteiger partial charge in [-0.25, -0.2) is 0 Å². The number of nitrogens with one attached hydrogen (secondary N) is 2. The number of rotatable bonds is 4.